The van der Waals surface area contributed by atoms with Crippen molar-refractivity contribution < 1.29 is 0 Å². The fraction of sp³-hybridized carbons (Fsp3) is 0.833. The summed E-state index contributed by atoms with van der Waals surface area (Å²) in [6.07, 6.45) is 14.8. The van der Waals surface area contributed by atoms with Gasteiger partial charge in [0, 0.05) is 12.5 Å². The van der Waals surface area contributed by atoms with Crippen LogP contribution in [0.2, 0.25) is 0 Å². The zero-order valence-corrected chi connectivity index (χ0v) is 8.89. The molecule has 0 heterocycles. The first-order valence-electron chi connectivity index (χ1n) is 5.50. The Morgan fingerprint density at radius 3 is 2.38 bits per heavy atom. The number of unbranched alkanes of at least 4 members (excludes halogenated alkanes) is 5. The van der Waals surface area contributed by atoms with E-state index in [4.69, 9.17) is 12.2 Å². The van der Waals surface area contributed by atoms with Crippen molar-refractivity contribution in [2.24, 2.45) is 5.73 Å². The van der Waals surface area contributed by atoms with Crippen LogP contribution in [0.15, 0.2) is 0 Å². The molecule has 0 bridgehead atoms. The molecule has 0 rings (SSSR count). The van der Waals surface area contributed by atoms with Gasteiger partial charge in [-0.15, -0.1) is 12.3 Å². The first kappa shape index (κ1) is 12.5. The largest absolute Gasteiger partial charge is 0.328 e. The summed E-state index contributed by atoms with van der Waals surface area (Å²) in [5, 5.41) is 0. The monoisotopic (exact) mass is 181 g/mol. The lowest BCUT2D eigenvalue weighted by Gasteiger charge is -2.07. The topological polar surface area (TPSA) is 26.0 Å². The molecule has 0 aromatic heterocycles. The first-order valence-corrected chi connectivity index (χ1v) is 5.50. The van der Waals surface area contributed by atoms with Gasteiger partial charge in [-0.05, 0) is 19.3 Å². The van der Waals surface area contributed by atoms with Gasteiger partial charge in [0.05, 0.1) is 0 Å². The third-order valence-electron chi connectivity index (χ3n) is 2.42. The lowest BCUT2D eigenvalue weighted by molar-refractivity contribution is 0.528. The second-order valence-electron chi connectivity index (χ2n) is 3.68. The van der Waals surface area contributed by atoms with Crippen molar-refractivity contribution in [2.75, 3.05) is 0 Å². The Morgan fingerprint density at radius 2 is 1.77 bits per heavy atom. The van der Waals surface area contributed by atoms with Gasteiger partial charge in [-0.2, -0.15) is 0 Å². The zero-order chi connectivity index (χ0) is 9.94. The second-order valence-corrected chi connectivity index (χ2v) is 3.68. The highest BCUT2D eigenvalue weighted by Gasteiger charge is 1.97. The van der Waals surface area contributed by atoms with Crippen LogP contribution in [0.5, 0.6) is 0 Å². The van der Waals surface area contributed by atoms with E-state index >= 15 is 0 Å². The summed E-state index contributed by atoms with van der Waals surface area (Å²) in [5.41, 5.74) is 5.81. The summed E-state index contributed by atoms with van der Waals surface area (Å²) in [6.45, 7) is 2.15. The lowest BCUT2D eigenvalue weighted by Crippen LogP contribution is -2.17. The fourth-order valence-corrected chi connectivity index (χ4v) is 1.37. The molecule has 0 spiro atoms. The molecule has 0 aliphatic carbocycles. The van der Waals surface area contributed by atoms with Crippen molar-refractivity contribution in [3.8, 4) is 12.3 Å². The van der Waals surface area contributed by atoms with Gasteiger partial charge in [-0.25, -0.2) is 0 Å². The Morgan fingerprint density at radius 1 is 1.15 bits per heavy atom. The van der Waals surface area contributed by atoms with Crippen molar-refractivity contribution in [3.63, 3.8) is 0 Å². The minimum atomic E-state index is 0.422. The van der Waals surface area contributed by atoms with Gasteiger partial charge in [0.15, 0.2) is 0 Å². The average Bonchev–Trinajstić information content (AvgIpc) is 2.16. The summed E-state index contributed by atoms with van der Waals surface area (Å²) < 4.78 is 0. The predicted octanol–water partition coefficient (Wildman–Crippen LogP) is 3.09. The van der Waals surface area contributed by atoms with Crippen LogP contribution in [-0.2, 0) is 0 Å². The molecule has 0 aromatic rings. The maximum atomic E-state index is 5.81. The standard InChI is InChI=1S/C12H23N/c1-3-5-6-7-8-9-10-11-12(13)4-2/h1,12H,4-11,13H2,2H3. The summed E-state index contributed by atoms with van der Waals surface area (Å²) in [6, 6.07) is 0.422. The molecule has 0 aromatic carbocycles. The average molecular weight is 181 g/mol. The van der Waals surface area contributed by atoms with Crippen molar-refractivity contribution in [3.05, 3.63) is 0 Å². The van der Waals surface area contributed by atoms with Crippen molar-refractivity contribution >= 4 is 0 Å². The van der Waals surface area contributed by atoms with Crippen LogP contribution >= 0.6 is 0 Å². The molecule has 1 atom stereocenters. The normalized spacial score (nSPS) is 12.4. The molecule has 13 heavy (non-hydrogen) atoms. The maximum Gasteiger partial charge on any atom is 0.00860 e. The van der Waals surface area contributed by atoms with Crippen LogP contribution in [-0.4, -0.2) is 6.04 Å². The van der Waals surface area contributed by atoms with Crippen LogP contribution in [0.1, 0.15) is 58.3 Å². The van der Waals surface area contributed by atoms with Crippen LogP contribution in [0.3, 0.4) is 0 Å². The summed E-state index contributed by atoms with van der Waals surface area (Å²) in [4.78, 5) is 0. The maximum absolute atomic E-state index is 5.81. The molecule has 76 valence electrons. The fourth-order valence-electron chi connectivity index (χ4n) is 1.37. The number of terminal acetylenes is 1. The highest BCUT2D eigenvalue weighted by atomic mass is 14.6. The van der Waals surface area contributed by atoms with Gasteiger partial charge in [0.1, 0.15) is 0 Å². The van der Waals surface area contributed by atoms with E-state index in [2.05, 4.69) is 12.8 Å². The van der Waals surface area contributed by atoms with Crippen LogP contribution in [0.4, 0.5) is 0 Å². The zero-order valence-electron chi connectivity index (χ0n) is 8.89. The molecule has 1 nitrogen and oxygen atoms in total. The summed E-state index contributed by atoms with van der Waals surface area (Å²) >= 11 is 0. The smallest absolute Gasteiger partial charge is 0.00860 e. The van der Waals surface area contributed by atoms with E-state index in [1.165, 1.54) is 38.5 Å². The van der Waals surface area contributed by atoms with Gasteiger partial charge in [-0.3, -0.25) is 0 Å². The number of rotatable bonds is 8. The third-order valence-corrected chi connectivity index (χ3v) is 2.42. The van der Waals surface area contributed by atoms with Crippen LogP contribution in [0.25, 0.3) is 0 Å². The number of nitrogens with two attached hydrogens (primary N) is 1. The van der Waals surface area contributed by atoms with E-state index in [1.807, 2.05) is 0 Å². The Balaban J connectivity index is 2.96. The Kier molecular flexibility index (Phi) is 9.25. The van der Waals surface area contributed by atoms with Crippen molar-refractivity contribution in [1.82, 2.24) is 0 Å². The van der Waals surface area contributed by atoms with Crippen LogP contribution < -0.4 is 5.73 Å². The molecule has 0 saturated carbocycles. The van der Waals surface area contributed by atoms with Crippen molar-refractivity contribution in [1.29, 1.82) is 0 Å². The van der Waals surface area contributed by atoms with Crippen LogP contribution in [0, 0.1) is 12.3 Å². The SMILES string of the molecule is C#CCCCCCCCC(N)CC. The van der Waals surface area contributed by atoms with E-state index in [1.54, 1.807) is 0 Å². The molecule has 0 fully saturated rings. The van der Waals surface area contributed by atoms with Gasteiger partial charge in [0.25, 0.3) is 0 Å². The highest BCUT2D eigenvalue weighted by Crippen LogP contribution is 2.08. The summed E-state index contributed by atoms with van der Waals surface area (Å²) in [5.74, 6) is 2.67. The van der Waals surface area contributed by atoms with Gasteiger partial charge >= 0.3 is 0 Å². The molecule has 0 amide bonds. The van der Waals surface area contributed by atoms with E-state index in [0.717, 1.165) is 12.8 Å². The molecule has 0 saturated heterocycles. The molecular weight excluding hydrogens is 158 g/mol. The second kappa shape index (κ2) is 9.61. The highest BCUT2D eigenvalue weighted by molar-refractivity contribution is 4.82. The molecule has 1 unspecified atom stereocenters. The molecule has 2 N–H and O–H groups in total. The van der Waals surface area contributed by atoms with Gasteiger partial charge in [0.2, 0.25) is 0 Å². The van der Waals surface area contributed by atoms with Gasteiger partial charge in [-0.1, -0.05) is 32.6 Å². The molecular formula is C12H23N. The Labute approximate surface area is 83.1 Å². The molecule has 1 heteroatoms. The van der Waals surface area contributed by atoms with Gasteiger partial charge < -0.3 is 5.73 Å². The molecule has 0 radical (unpaired) electrons. The Bertz CT molecular complexity index is 135. The Hall–Kier alpha value is -0.480. The van der Waals surface area contributed by atoms with Crippen molar-refractivity contribution in [2.45, 2.75) is 64.3 Å². The summed E-state index contributed by atoms with van der Waals surface area (Å²) in [7, 11) is 0. The van der Waals surface area contributed by atoms with E-state index < -0.39 is 0 Å². The molecule has 0 aliphatic heterocycles. The minimum absolute atomic E-state index is 0.422. The molecule has 0 aliphatic rings. The lowest BCUT2D eigenvalue weighted by atomic mass is 10.0. The number of hydrogen-bond acceptors (Lipinski definition) is 1. The predicted molar refractivity (Wildman–Crippen MR) is 59.4 cm³/mol. The quantitative estimate of drug-likeness (QED) is 0.452. The third kappa shape index (κ3) is 9.43. The first-order chi connectivity index (χ1) is 6.31. The number of hydrogen-bond donors (Lipinski definition) is 1. The van der Waals surface area contributed by atoms with E-state index in [9.17, 15) is 0 Å². The minimum Gasteiger partial charge on any atom is -0.328 e. The van der Waals surface area contributed by atoms with E-state index in [-0.39, 0.29) is 0 Å². The van der Waals surface area contributed by atoms with E-state index in [0.29, 0.717) is 6.04 Å².